The SMILES string of the molecule is CCC(CC)(CN)CNC(=O)NC. The highest BCUT2D eigenvalue weighted by atomic mass is 16.2. The van der Waals surface area contributed by atoms with Crippen LogP contribution in [0.25, 0.3) is 0 Å². The summed E-state index contributed by atoms with van der Waals surface area (Å²) in [6.45, 7) is 5.46. The minimum atomic E-state index is -0.139. The maximum atomic E-state index is 10.9. The number of carbonyl (C=O) groups is 1. The summed E-state index contributed by atoms with van der Waals surface area (Å²) in [4.78, 5) is 10.9. The molecule has 13 heavy (non-hydrogen) atoms. The summed E-state index contributed by atoms with van der Waals surface area (Å²) in [5.74, 6) is 0. The van der Waals surface area contributed by atoms with E-state index in [1.165, 1.54) is 0 Å². The minimum Gasteiger partial charge on any atom is -0.341 e. The third kappa shape index (κ3) is 3.63. The Bertz CT molecular complexity index is 147. The van der Waals surface area contributed by atoms with E-state index in [-0.39, 0.29) is 11.4 Å². The molecule has 0 saturated carbocycles. The highest BCUT2D eigenvalue weighted by Gasteiger charge is 2.24. The van der Waals surface area contributed by atoms with Gasteiger partial charge in [-0.05, 0) is 24.8 Å². The molecule has 0 aliphatic carbocycles. The Morgan fingerprint density at radius 3 is 2.23 bits per heavy atom. The molecule has 0 unspecified atom stereocenters. The van der Waals surface area contributed by atoms with E-state index in [2.05, 4.69) is 24.5 Å². The number of rotatable bonds is 5. The van der Waals surface area contributed by atoms with Gasteiger partial charge in [0.25, 0.3) is 0 Å². The standard InChI is InChI=1S/C9H21N3O/c1-4-9(5-2,6-10)7-12-8(13)11-3/h4-7,10H2,1-3H3,(H2,11,12,13). The van der Waals surface area contributed by atoms with Crippen molar-refractivity contribution >= 4 is 6.03 Å². The van der Waals surface area contributed by atoms with Crippen molar-refractivity contribution in [2.45, 2.75) is 26.7 Å². The second-order valence-corrected chi connectivity index (χ2v) is 3.34. The van der Waals surface area contributed by atoms with Crippen molar-refractivity contribution in [3.8, 4) is 0 Å². The molecule has 78 valence electrons. The van der Waals surface area contributed by atoms with E-state index in [4.69, 9.17) is 5.73 Å². The fourth-order valence-electron chi connectivity index (χ4n) is 1.22. The maximum absolute atomic E-state index is 10.9. The third-order valence-corrected chi connectivity index (χ3v) is 2.78. The second-order valence-electron chi connectivity index (χ2n) is 3.34. The lowest BCUT2D eigenvalue weighted by molar-refractivity contribution is 0.224. The second kappa shape index (κ2) is 5.80. The van der Waals surface area contributed by atoms with Crippen molar-refractivity contribution < 1.29 is 4.79 Å². The predicted molar refractivity (Wildman–Crippen MR) is 54.5 cm³/mol. The average Bonchev–Trinajstić information content (AvgIpc) is 2.20. The molecule has 0 rings (SSSR count). The Morgan fingerprint density at radius 2 is 1.92 bits per heavy atom. The molecule has 0 saturated heterocycles. The van der Waals surface area contributed by atoms with Crippen molar-refractivity contribution in [2.75, 3.05) is 20.1 Å². The van der Waals surface area contributed by atoms with E-state index in [9.17, 15) is 4.79 Å². The fourth-order valence-corrected chi connectivity index (χ4v) is 1.22. The summed E-state index contributed by atoms with van der Waals surface area (Å²) in [6, 6.07) is -0.139. The molecule has 0 spiro atoms. The molecule has 0 bridgehead atoms. The smallest absolute Gasteiger partial charge is 0.314 e. The van der Waals surface area contributed by atoms with Crippen LogP contribution in [-0.4, -0.2) is 26.2 Å². The monoisotopic (exact) mass is 187 g/mol. The summed E-state index contributed by atoms with van der Waals surface area (Å²) < 4.78 is 0. The number of carbonyl (C=O) groups excluding carboxylic acids is 1. The Labute approximate surface area is 80.3 Å². The van der Waals surface area contributed by atoms with Gasteiger partial charge in [0.2, 0.25) is 0 Å². The lowest BCUT2D eigenvalue weighted by Gasteiger charge is -2.30. The number of nitrogens with one attached hydrogen (secondary N) is 2. The molecule has 0 aromatic heterocycles. The number of nitrogens with two attached hydrogens (primary N) is 1. The molecule has 0 radical (unpaired) electrons. The van der Waals surface area contributed by atoms with Crippen molar-refractivity contribution in [2.24, 2.45) is 11.1 Å². The van der Waals surface area contributed by atoms with Gasteiger partial charge in [0, 0.05) is 13.6 Å². The van der Waals surface area contributed by atoms with E-state index in [0.717, 1.165) is 12.8 Å². The quantitative estimate of drug-likeness (QED) is 0.592. The van der Waals surface area contributed by atoms with E-state index in [0.29, 0.717) is 13.1 Å². The lowest BCUT2D eigenvalue weighted by Crippen LogP contribution is -2.44. The van der Waals surface area contributed by atoms with Crippen LogP contribution in [0.15, 0.2) is 0 Å². The Balaban J connectivity index is 4.02. The molecule has 0 aliphatic heterocycles. The first kappa shape index (κ1) is 12.2. The topological polar surface area (TPSA) is 67.1 Å². The van der Waals surface area contributed by atoms with Crippen LogP contribution in [-0.2, 0) is 0 Å². The minimum absolute atomic E-state index is 0.0620. The van der Waals surface area contributed by atoms with Crippen molar-refractivity contribution in [1.29, 1.82) is 0 Å². The molecule has 0 fully saturated rings. The average molecular weight is 187 g/mol. The highest BCUT2D eigenvalue weighted by Crippen LogP contribution is 2.23. The number of hydrogen-bond donors (Lipinski definition) is 3. The summed E-state index contributed by atoms with van der Waals surface area (Å²) >= 11 is 0. The van der Waals surface area contributed by atoms with Gasteiger partial charge in [0.15, 0.2) is 0 Å². The molecule has 0 aromatic carbocycles. The first-order chi connectivity index (χ1) is 6.14. The van der Waals surface area contributed by atoms with Gasteiger partial charge in [-0.3, -0.25) is 0 Å². The lowest BCUT2D eigenvalue weighted by atomic mass is 9.82. The van der Waals surface area contributed by atoms with E-state index < -0.39 is 0 Å². The van der Waals surface area contributed by atoms with E-state index in [1.54, 1.807) is 7.05 Å². The maximum Gasteiger partial charge on any atom is 0.314 e. The van der Waals surface area contributed by atoms with Crippen LogP contribution in [0, 0.1) is 5.41 Å². The largest absolute Gasteiger partial charge is 0.341 e. The van der Waals surface area contributed by atoms with Crippen molar-refractivity contribution in [3.05, 3.63) is 0 Å². The first-order valence-corrected chi connectivity index (χ1v) is 4.79. The summed E-state index contributed by atoms with van der Waals surface area (Å²) in [7, 11) is 1.61. The van der Waals surface area contributed by atoms with Gasteiger partial charge in [-0.15, -0.1) is 0 Å². The molecule has 0 atom stereocenters. The van der Waals surface area contributed by atoms with Crippen LogP contribution in [0.1, 0.15) is 26.7 Å². The van der Waals surface area contributed by atoms with Crippen LogP contribution in [0.2, 0.25) is 0 Å². The van der Waals surface area contributed by atoms with Crippen LogP contribution in [0.5, 0.6) is 0 Å². The molecular weight excluding hydrogens is 166 g/mol. The summed E-state index contributed by atoms with van der Waals surface area (Å²) in [5, 5.41) is 5.31. The molecule has 0 heterocycles. The third-order valence-electron chi connectivity index (χ3n) is 2.78. The molecule has 4 heteroatoms. The van der Waals surface area contributed by atoms with Crippen molar-refractivity contribution in [3.63, 3.8) is 0 Å². The number of amides is 2. The highest BCUT2D eigenvalue weighted by molar-refractivity contribution is 5.73. The van der Waals surface area contributed by atoms with Gasteiger partial charge in [0.05, 0.1) is 0 Å². The van der Waals surface area contributed by atoms with Crippen LogP contribution < -0.4 is 16.4 Å². The number of hydrogen-bond acceptors (Lipinski definition) is 2. The summed E-state index contributed by atoms with van der Waals surface area (Å²) in [6.07, 6.45) is 1.98. The molecule has 0 aromatic rings. The van der Waals surface area contributed by atoms with Crippen LogP contribution in [0.3, 0.4) is 0 Å². The first-order valence-electron chi connectivity index (χ1n) is 4.79. The molecule has 0 aliphatic rings. The van der Waals surface area contributed by atoms with Gasteiger partial charge < -0.3 is 16.4 Å². The van der Waals surface area contributed by atoms with E-state index in [1.807, 2.05) is 0 Å². The zero-order valence-electron chi connectivity index (χ0n) is 8.81. The van der Waals surface area contributed by atoms with Gasteiger partial charge in [0.1, 0.15) is 0 Å². The van der Waals surface area contributed by atoms with Gasteiger partial charge in [-0.25, -0.2) is 4.79 Å². The fraction of sp³-hybridized carbons (Fsp3) is 0.889. The van der Waals surface area contributed by atoms with Gasteiger partial charge in [-0.2, -0.15) is 0 Å². The van der Waals surface area contributed by atoms with Gasteiger partial charge >= 0.3 is 6.03 Å². The van der Waals surface area contributed by atoms with Crippen molar-refractivity contribution in [1.82, 2.24) is 10.6 Å². The Morgan fingerprint density at radius 1 is 1.38 bits per heavy atom. The Hall–Kier alpha value is -0.770. The Kier molecular flexibility index (Phi) is 5.46. The van der Waals surface area contributed by atoms with Crippen LogP contribution in [0.4, 0.5) is 4.79 Å². The number of urea groups is 1. The molecular formula is C9H21N3O. The van der Waals surface area contributed by atoms with Gasteiger partial charge in [-0.1, -0.05) is 13.8 Å². The van der Waals surface area contributed by atoms with Crippen LogP contribution >= 0.6 is 0 Å². The zero-order valence-corrected chi connectivity index (χ0v) is 8.81. The molecule has 4 nitrogen and oxygen atoms in total. The molecule has 2 amide bonds. The summed E-state index contributed by atoms with van der Waals surface area (Å²) in [5.41, 5.74) is 5.75. The molecule has 4 N–H and O–H groups in total. The normalized spacial score (nSPS) is 11.1. The van der Waals surface area contributed by atoms with E-state index >= 15 is 0 Å². The zero-order chi connectivity index (χ0) is 10.3. The predicted octanol–water partition coefficient (Wildman–Crippen LogP) is 0.681.